The maximum absolute atomic E-state index is 11.8. The summed E-state index contributed by atoms with van der Waals surface area (Å²) < 4.78 is 0. The van der Waals surface area contributed by atoms with Crippen molar-refractivity contribution >= 4 is 35.2 Å². The number of carbonyl (C=O) groups excluding carboxylic acids is 1. The third-order valence-electron chi connectivity index (χ3n) is 5.52. The van der Waals surface area contributed by atoms with Crippen molar-refractivity contribution in [3.05, 3.63) is 60.2 Å². The minimum absolute atomic E-state index is 0.0469. The minimum atomic E-state index is -0.323. The van der Waals surface area contributed by atoms with E-state index in [9.17, 15) is 4.79 Å². The number of piperazine rings is 1. The number of anilines is 1. The van der Waals surface area contributed by atoms with Crippen molar-refractivity contribution in [2.24, 2.45) is 5.73 Å². The standard InChI is InChI=1S/C22H28N4OS2/c23-22(27)26-15-17-29-21(26)19-8-4-5-9-20(19)28-16-14-24-10-12-25(13-11-24)18-6-2-1-3-7-18/h1-9,21H,10-17H2,(H2,23,27). The molecule has 2 amide bonds. The van der Waals surface area contributed by atoms with E-state index < -0.39 is 0 Å². The summed E-state index contributed by atoms with van der Waals surface area (Å²) in [5.74, 6) is 1.99. The summed E-state index contributed by atoms with van der Waals surface area (Å²) >= 11 is 3.69. The monoisotopic (exact) mass is 428 g/mol. The molecule has 2 aromatic carbocycles. The van der Waals surface area contributed by atoms with Crippen molar-refractivity contribution in [2.75, 3.05) is 55.7 Å². The molecule has 2 N–H and O–H groups in total. The topological polar surface area (TPSA) is 52.8 Å². The fourth-order valence-electron chi connectivity index (χ4n) is 3.92. The molecular formula is C22H28N4OS2. The first kappa shape index (κ1) is 20.4. The van der Waals surface area contributed by atoms with E-state index in [1.54, 1.807) is 16.7 Å². The van der Waals surface area contributed by atoms with Gasteiger partial charge < -0.3 is 15.5 Å². The Balaban J connectivity index is 1.29. The minimum Gasteiger partial charge on any atom is -0.369 e. The molecule has 2 fully saturated rings. The van der Waals surface area contributed by atoms with Crippen LogP contribution in [0, 0.1) is 0 Å². The summed E-state index contributed by atoms with van der Waals surface area (Å²) in [7, 11) is 0. The highest BCUT2D eigenvalue weighted by atomic mass is 32.2. The molecule has 154 valence electrons. The van der Waals surface area contributed by atoms with Crippen molar-refractivity contribution in [2.45, 2.75) is 10.3 Å². The highest BCUT2D eigenvalue weighted by Gasteiger charge is 2.30. The Morgan fingerprint density at radius 3 is 2.48 bits per heavy atom. The molecule has 2 saturated heterocycles. The first-order chi connectivity index (χ1) is 14.2. The third kappa shape index (κ3) is 5.02. The van der Waals surface area contributed by atoms with Crippen LogP contribution in [0.1, 0.15) is 10.9 Å². The van der Waals surface area contributed by atoms with E-state index in [0.29, 0.717) is 0 Å². The summed E-state index contributed by atoms with van der Waals surface area (Å²) in [6.45, 7) is 6.18. The molecule has 0 spiro atoms. The number of hydrogen-bond donors (Lipinski definition) is 1. The summed E-state index contributed by atoms with van der Waals surface area (Å²) in [6.07, 6.45) is 0. The zero-order valence-electron chi connectivity index (χ0n) is 16.6. The zero-order valence-corrected chi connectivity index (χ0v) is 18.2. The quantitative estimate of drug-likeness (QED) is 0.711. The number of benzene rings is 2. The fourth-order valence-corrected chi connectivity index (χ4v) is 6.39. The number of amides is 2. The number of hydrogen-bond acceptors (Lipinski definition) is 5. The molecule has 2 heterocycles. The second-order valence-electron chi connectivity index (χ2n) is 7.31. The molecule has 0 radical (unpaired) electrons. The van der Waals surface area contributed by atoms with Crippen LogP contribution >= 0.6 is 23.5 Å². The number of rotatable bonds is 6. The van der Waals surface area contributed by atoms with Gasteiger partial charge in [0.1, 0.15) is 5.37 Å². The molecule has 0 saturated carbocycles. The molecule has 1 unspecified atom stereocenters. The summed E-state index contributed by atoms with van der Waals surface area (Å²) in [5, 5.41) is 0.0469. The van der Waals surface area contributed by atoms with Gasteiger partial charge in [-0.15, -0.1) is 23.5 Å². The lowest BCUT2D eigenvalue weighted by Gasteiger charge is -2.36. The Labute approximate surface area is 181 Å². The van der Waals surface area contributed by atoms with Gasteiger partial charge in [0.05, 0.1) is 0 Å². The highest BCUT2D eigenvalue weighted by molar-refractivity contribution is 8.00. The lowest BCUT2D eigenvalue weighted by Crippen LogP contribution is -2.47. The second-order valence-corrected chi connectivity index (χ2v) is 9.63. The Hall–Kier alpha value is -1.83. The van der Waals surface area contributed by atoms with E-state index >= 15 is 0 Å². The van der Waals surface area contributed by atoms with E-state index in [1.165, 1.54) is 16.1 Å². The summed E-state index contributed by atoms with van der Waals surface area (Å²) in [5.41, 5.74) is 8.12. The molecule has 2 aliphatic rings. The molecule has 7 heteroatoms. The van der Waals surface area contributed by atoms with Gasteiger partial charge in [0.2, 0.25) is 0 Å². The predicted octanol–water partition coefficient (Wildman–Crippen LogP) is 3.73. The van der Waals surface area contributed by atoms with Crippen molar-refractivity contribution < 1.29 is 4.79 Å². The summed E-state index contributed by atoms with van der Waals surface area (Å²) in [4.78, 5) is 19.8. The fraction of sp³-hybridized carbons (Fsp3) is 0.409. The number of nitrogens with zero attached hydrogens (tertiary/aromatic N) is 3. The van der Waals surface area contributed by atoms with E-state index in [-0.39, 0.29) is 11.4 Å². The molecule has 0 bridgehead atoms. The molecule has 1 atom stereocenters. The van der Waals surface area contributed by atoms with Crippen molar-refractivity contribution in [1.82, 2.24) is 9.80 Å². The van der Waals surface area contributed by atoms with E-state index in [2.05, 4.69) is 64.4 Å². The van der Waals surface area contributed by atoms with Gasteiger partial charge >= 0.3 is 6.03 Å². The van der Waals surface area contributed by atoms with Crippen LogP contribution in [0.2, 0.25) is 0 Å². The molecule has 29 heavy (non-hydrogen) atoms. The Kier molecular flexibility index (Phi) is 6.90. The first-order valence-electron chi connectivity index (χ1n) is 10.1. The van der Waals surface area contributed by atoms with Gasteiger partial charge in [0.15, 0.2) is 0 Å². The Morgan fingerprint density at radius 1 is 1.00 bits per heavy atom. The second kappa shape index (κ2) is 9.78. The SMILES string of the molecule is NC(=O)N1CCSC1c1ccccc1SCCN1CCN(c2ccccc2)CC1. The molecule has 0 aliphatic carbocycles. The molecule has 4 rings (SSSR count). The first-order valence-corrected chi connectivity index (χ1v) is 12.2. The summed E-state index contributed by atoms with van der Waals surface area (Å²) in [6, 6.07) is 18.8. The zero-order chi connectivity index (χ0) is 20.1. The average molecular weight is 429 g/mol. The van der Waals surface area contributed by atoms with Crippen molar-refractivity contribution in [3.63, 3.8) is 0 Å². The van der Waals surface area contributed by atoms with Gasteiger partial charge in [-0.1, -0.05) is 36.4 Å². The lowest BCUT2D eigenvalue weighted by atomic mass is 10.2. The van der Waals surface area contributed by atoms with E-state index in [0.717, 1.165) is 50.8 Å². The predicted molar refractivity (Wildman–Crippen MR) is 124 cm³/mol. The maximum Gasteiger partial charge on any atom is 0.315 e. The van der Waals surface area contributed by atoms with Crippen LogP contribution in [-0.2, 0) is 0 Å². The molecule has 2 aliphatic heterocycles. The Bertz CT molecular complexity index is 811. The number of carbonyl (C=O) groups is 1. The number of urea groups is 1. The molecule has 2 aromatic rings. The maximum atomic E-state index is 11.8. The van der Waals surface area contributed by atoms with Gasteiger partial charge in [-0.2, -0.15) is 0 Å². The Morgan fingerprint density at radius 2 is 1.72 bits per heavy atom. The number of thioether (sulfide) groups is 2. The highest BCUT2D eigenvalue weighted by Crippen LogP contribution is 2.41. The molecule has 5 nitrogen and oxygen atoms in total. The van der Waals surface area contributed by atoms with E-state index in [4.69, 9.17) is 5.73 Å². The smallest absolute Gasteiger partial charge is 0.315 e. The molecule has 0 aromatic heterocycles. The van der Waals surface area contributed by atoms with Gasteiger partial charge in [0, 0.05) is 61.4 Å². The number of para-hydroxylation sites is 1. The lowest BCUT2D eigenvalue weighted by molar-refractivity contribution is 0.210. The normalized spacial score (nSPS) is 20.2. The average Bonchev–Trinajstić information content (AvgIpc) is 3.25. The van der Waals surface area contributed by atoms with Crippen LogP contribution in [0.15, 0.2) is 59.5 Å². The van der Waals surface area contributed by atoms with Crippen LogP contribution in [0.4, 0.5) is 10.5 Å². The third-order valence-corrected chi connectivity index (χ3v) is 7.83. The van der Waals surface area contributed by atoms with Crippen LogP contribution in [-0.4, -0.2) is 66.6 Å². The number of primary amides is 1. The van der Waals surface area contributed by atoms with E-state index in [1.807, 2.05) is 11.8 Å². The van der Waals surface area contributed by atoms with Crippen molar-refractivity contribution in [3.8, 4) is 0 Å². The van der Waals surface area contributed by atoms with Gasteiger partial charge in [-0.05, 0) is 23.8 Å². The van der Waals surface area contributed by atoms with Gasteiger partial charge in [0.25, 0.3) is 0 Å². The largest absolute Gasteiger partial charge is 0.369 e. The van der Waals surface area contributed by atoms with Crippen LogP contribution in [0.3, 0.4) is 0 Å². The van der Waals surface area contributed by atoms with Crippen LogP contribution < -0.4 is 10.6 Å². The van der Waals surface area contributed by atoms with Crippen LogP contribution in [0.5, 0.6) is 0 Å². The van der Waals surface area contributed by atoms with Gasteiger partial charge in [-0.3, -0.25) is 4.90 Å². The number of nitrogens with two attached hydrogens (primary N) is 1. The van der Waals surface area contributed by atoms with Gasteiger partial charge in [-0.25, -0.2) is 4.79 Å². The molecular weight excluding hydrogens is 400 g/mol. The van der Waals surface area contributed by atoms with Crippen molar-refractivity contribution in [1.29, 1.82) is 0 Å². The van der Waals surface area contributed by atoms with Crippen LogP contribution in [0.25, 0.3) is 0 Å².